The summed E-state index contributed by atoms with van der Waals surface area (Å²) in [6, 6.07) is 0. The summed E-state index contributed by atoms with van der Waals surface area (Å²) in [6.07, 6.45) is 0. The van der Waals surface area contributed by atoms with Crippen LogP contribution in [0.4, 0.5) is 0 Å². The van der Waals surface area contributed by atoms with Gasteiger partial charge in [-0.2, -0.15) is 0 Å². The summed E-state index contributed by atoms with van der Waals surface area (Å²) < 4.78 is 103. The largest absolute Gasteiger partial charge is 4.00 e. The molecule has 17 heavy (non-hydrogen) atoms. The van der Waals surface area contributed by atoms with Gasteiger partial charge in [-0.05, 0) is 0 Å². The van der Waals surface area contributed by atoms with Crippen LogP contribution in [-0.4, -0.2) is 0 Å². The molecule has 17 heteroatoms. The van der Waals surface area contributed by atoms with Crippen LogP contribution in [0.5, 0.6) is 0 Å². The fourth-order valence-corrected chi connectivity index (χ4v) is 0. The van der Waals surface area contributed by atoms with Crippen molar-refractivity contribution in [3.63, 3.8) is 0 Å². The molecule has 0 heterocycles. The molecule has 0 aliphatic heterocycles. The van der Waals surface area contributed by atoms with Crippen LogP contribution in [0.25, 0.3) is 0 Å². The van der Waals surface area contributed by atoms with Crippen LogP contribution >= 0.6 is 0 Å². The van der Waals surface area contributed by atoms with Gasteiger partial charge in [0, 0.05) is 0 Å². The van der Waals surface area contributed by atoms with E-state index in [2.05, 4.69) is 0 Å². The normalized spacial score (nSPS) is 8.47. The predicted molar refractivity (Wildman–Crippen MR) is 0 cm³/mol. The van der Waals surface area contributed by atoms with Crippen LogP contribution < -0.4 is 125 Å². The van der Waals surface area contributed by atoms with E-state index in [1.165, 1.54) is 0 Å². The Morgan fingerprint density at radius 2 is 0.294 bits per heavy atom. The first kappa shape index (κ1) is 32.3. The molecule has 12 nitrogen and oxygen atoms in total. The number of halogens is 4. The maximum Gasteiger partial charge on any atom is 4.00 e. The Morgan fingerprint density at radius 3 is 0.294 bits per heavy atom. The van der Waals surface area contributed by atoms with E-state index in [1.807, 2.05) is 0 Å². The molecule has 0 aromatic heterocycles. The SMILES string of the molecule is [O-][I+2]([O-])[O-].[O-][I+2]([O-])[O-].[O-][I+2]([O-])[O-].[O-][I+2]([O-])[O-].[Zr+4]. The van der Waals surface area contributed by atoms with Crippen LogP contribution in [0.3, 0.4) is 0 Å². The summed E-state index contributed by atoms with van der Waals surface area (Å²) in [5.41, 5.74) is 0. The van der Waals surface area contributed by atoms with Crippen LogP contribution in [0.2, 0.25) is 0 Å². The Kier molecular flexibility index (Phi) is 52.5. The zero-order valence-electron chi connectivity index (χ0n) is 6.91. The third kappa shape index (κ3) is 525. The van der Waals surface area contributed by atoms with Crippen molar-refractivity contribution in [1.82, 2.24) is 0 Å². The van der Waals surface area contributed by atoms with E-state index >= 15 is 0 Å². The second-order valence-electron chi connectivity index (χ2n) is 0.756. The van der Waals surface area contributed by atoms with Crippen molar-refractivity contribution in [3.8, 4) is 0 Å². The van der Waals surface area contributed by atoms with E-state index < -0.39 is 84.3 Å². The van der Waals surface area contributed by atoms with E-state index in [9.17, 15) is 0 Å². The molecule has 0 spiro atoms. The molecule has 0 aromatic carbocycles. The molecule has 0 bridgehead atoms. The fraction of sp³-hybridized carbons (Fsp3) is 0. The van der Waals surface area contributed by atoms with Gasteiger partial charge in [0.2, 0.25) is 0 Å². The summed E-state index contributed by atoms with van der Waals surface area (Å²) in [7, 11) is 0. The van der Waals surface area contributed by atoms with Crippen molar-refractivity contribution >= 4 is 0 Å². The molecule has 0 aliphatic rings. The van der Waals surface area contributed by atoms with Crippen LogP contribution in [-0.2, 0) is 26.2 Å². The Bertz CT molecular complexity index is 61.5. The molecule has 0 aliphatic carbocycles. The van der Waals surface area contributed by atoms with Gasteiger partial charge in [0.1, 0.15) is 0 Å². The molecule has 0 amide bonds. The Hall–Kier alpha value is 3.32. The Balaban J connectivity index is -0.0000000369. The second kappa shape index (κ2) is 27.6. The van der Waals surface area contributed by atoms with Gasteiger partial charge in [-0.25, -0.2) is 0 Å². The molecular formula is I4O12Zr. The molecule has 104 valence electrons. The first-order valence-electron chi connectivity index (χ1n) is 1.85. The van der Waals surface area contributed by atoms with Gasteiger partial charge in [-0.15, -0.1) is 0 Å². The third-order valence-corrected chi connectivity index (χ3v) is 0. The van der Waals surface area contributed by atoms with Gasteiger partial charge in [0.15, 0.2) is 0 Å². The van der Waals surface area contributed by atoms with Gasteiger partial charge >= 0.3 is 26.2 Å². The molecule has 0 rings (SSSR count). The molecular weight excluding hydrogens is 791 g/mol. The first-order valence-corrected chi connectivity index (χ1v) is 12.4. The van der Waals surface area contributed by atoms with Crippen molar-refractivity contribution in [1.29, 1.82) is 0 Å². The molecule has 0 fully saturated rings. The van der Waals surface area contributed by atoms with Crippen LogP contribution in [0, 0.1) is 0 Å². The van der Waals surface area contributed by atoms with Crippen molar-refractivity contribution < 1.29 is 152 Å². The zero-order valence-corrected chi connectivity index (χ0v) is 18.0. The maximum atomic E-state index is 8.57. The quantitative estimate of drug-likeness (QED) is 0.207. The Labute approximate surface area is 149 Å². The van der Waals surface area contributed by atoms with Gasteiger partial charge in [-0.3, -0.25) is 0 Å². The molecule has 0 N–H and O–H groups in total. The Morgan fingerprint density at radius 1 is 0.294 bits per heavy atom. The minimum atomic E-state index is -4.01. The summed E-state index contributed by atoms with van der Waals surface area (Å²) in [5, 5.41) is 0. The minimum Gasteiger partial charge on any atom is -0.427 e. The minimum absolute atomic E-state index is 0. The first-order chi connectivity index (χ1) is 6.93. The van der Waals surface area contributed by atoms with E-state index in [-0.39, 0.29) is 26.2 Å². The van der Waals surface area contributed by atoms with Crippen LogP contribution in [0.1, 0.15) is 0 Å². The topological polar surface area (TPSA) is 277 Å². The van der Waals surface area contributed by atoms with Crippen molar-refractivity contribution in [2.75, 3.05) is 0 Å². The zero-order chi connectivity index (χ0) is 14.3. The molecule has 0 saturated carbocycles. The van der Waals surface area contributed by atoms with Gasteiger partial charge < -0.3 is 41.2 Å². The molecule has 0 radical (unpaired) electrons. The predicted octanol–water partition coefficient (Wildman–Crippen LogP) is -26.3. The third-order valence-electron chi connectivity index (χ3n) is 0. The van der Waals surface area contributed by atoms with Crippen molar-refractivity contribution in [2.24, 2.45) is 0 Å². The van der Waals surface area contributed by atoms with Gasteiger partial charge in [-0.1, -0.05) is 0 Å². The molecule has 0 atom stereocenters. The summed E-state index contributed by atoms with van der Waals surface area (Å²) in [4.78, 5) is 0. The number of rotatable bonds is 0. The summed E-state index contributed by atoms with van der Waals surface area (Å²) in [5.74, 6) is 0. The molecule has 0 saturated heterocycles. The van der Waals surface area contributed by atoms with E-state index in [4.69, 9.17) is 41.2 Å². The molecule has 0 aromatic rings. The smallest absolute Gasteiger partial charge is 0.427 e. The second-order valence-corrected chi connectivity index (χ2v) is 5.07. The monoisotopic (exact) mass is 789 g/mol. The standard InChI is InChI=1S/4IO3.Zr/c4*2-1(3)4;/q4*-1;+4. The van der Waals surface area contributed by atoms with Crippen molar-refractivity contribution in [2.45, 2.75) is 0 Å². The maximum absolute atomic E-state index is 8.57. The summed E-state index contributed by atoms with van der Waals surface area (Å²) >= 11 is -16.1. The number of hydrogen-bond donors (Lipinski definition) is 0. The van der Waals surface area contributed by atoms with E-state index in [0.717, 1.165) is 0 Å². The van der Waals surface area contributed by atoms with E-state index in [0.29, 0.717) is 0 Å². The van der Waals surface area contributed by atoms with Gasteiger partial charge in [0.05, 0.1) is 0 Å². The average Bonchev–Trinajstić information content (AvgIpc) is 1.76. The number of hydrogen-bond acceptors (Lipinski definition) is 12. The van der Waals surface area contributed by atoms with Gasteiger partial charge in [0.25, 0.3) is 84.3 Å². The summed E-state index contributed by atoms with van der Waals surface area (Å²) in [6.45, 7) is 0. The molecule has 0 unspecified atom stereocenters. The van der Waals surface area contributed by atoms with Crippen molar-refractivity contribution in [3.05, 3.63) is 0 Å². The average molecular weight is 791 g/mol. The van der Waals surface area contributed by atoms with E-state index in [1.54, 1.807) is 0 Å². The fourth-order valence-electron chi connectivity index (χ4n) is 0. The van der Waals surface area contributed by atoms with Crippen LogP contribution in [0.15, 0.2) is 0 Å².